The number of rotatable bonds is 5. The Morgan fingerprint density at radius 1 is 0.955 bits per heavy atom. The van der Waals surface area contributed by atoms with E-state index in [1.165, 1.54) is 16.3 Å². The van der Waals surface area contributed by atoms with Crippen molar-refractivity contribution in [2.24, 2.45) is 0 Å². The first-order chi connectivity index (χ1) is 10.7. The zero-order chi connectivity index (χ0) is 15.4. The lowest BCUT2D eigenvalue weighted by atomic mass is 10.1. The lowest BCUT2D eigenvalue weighted by Crippen LogP contribution is -2.22. The van der Waals surface area contributed by atoms with Gasteiger partial charge in [-0.05, 0) is 43.0 Å². The van der Waals surface area contributed by atoms with E-state index in [4.69, 9.17) is 4.74 Å². The molecule has 3 aromatic carbocycles. The Morgan fingerprint density at radius 3 is 2.59 bits per heavy atom. The van der Waals surface area contributed by atoms with E-state index in [0.29, 0.717) is 0 Å². The normalized spacial score (nSPS) is 12.1. The Morgan fingerprint density at radius 2 is 1.73 bits per heavy atom. The fourth-order valence-electron chi connectivity index (χ4n) is 2.60. The van der Waals surface area contributed by atoms with Crippen LogP contribution in [0, 0.1) is 6.92 Å². The van der Waals surface area contributed by atoms with Gasteiger partial charge in [-0.1, -0.05) is 48.5 Å². The van der Waals surface area contributed by atoms with Crippen molar-refractivity contribution < 1.29 is 4.74 Å². The largest absolute Gasteiger partial charge is 0.489 e. The molecule has 0 amide bonds. The molecule has 0 heterocycles. The maximum absolute atomic E-state index is 5.97. The van der Waals surface area contributed by atoms with Gasteiger partial charge < -0.3 is 10.1 Å². The molecule has 0 aliphatic carbocycles. The molecule has 0 saturated heterocycles. The molecule has 2 heteroatoms. The maximum atomic E-state index is 5.97. The van der Waals surface area contributed by atoms with Crippen LogP contribution in [0.15, 0.2) is 66.7 Å². The predicted octanol–water partition coefficient (Wildman–Crippen LogP) is 5.03. The third kappa shape index (κ3) is 3.40. The van der Waals surface area contributed by atoms with Crippen LogP contribution in [0.5, 0.6) is 5.75 Å². The average molecular weight is 291 g/mol. The van der Waals surface area contributed by atoms with Crippen LogP contribution in [0.25, 0.3) is 10.8 Å². The summed E-state index contributed by atoms with van der Waals surface area (Å²) < 4.78 is 5.97. The molecule has 22 heavy (non-hydrogen) atoms. The Labute approximate surface area is 131 Å². The first kappa shape index (κ1) is 14.5. The molecule has 0 aromatic heterocycles. The van der Waals surface area contributed by atoms with Crippen molar-refractivity contribution >= 4 is 16.5 Å². The van der Waals surface area contributed by atoms with Crippen LogP contribution < -0.4 is 10.1 Å². The van der Waals surface area contributed by atoms with Gasteiger partial charge in [-0.15, -0.1) is 0 Å². The summed E-state index contributed by atoms with van der Waals surface area (Å²) in [5.41, 5.74) is 2.37. The summed E-state index contributed by atoms with van der Waals surface area (Å²) in [4.78, 5) is 0. The topological polar surface area (TPSA) is 21.3 Å². The highest BCUT2D eigenvalue weighted by Gasteiger charge is 2.06. The number of aryl methyl sites for hydroxylation is 1. The van der Waals surface area contributed by atoms with Gasteiger partial charge in [0.15, 0.2) is 0 Å². The third-order valence-electron chi connectivity index (χ3n) is 3.70. The Hall–Kier alpha value is -2.48. The van der Waals surface area contributed by atoms with E-state index in [-0.39, 0.29) is 6.10 Å². The third-order valence-corrected chi connectivity index (χ3v) is 3.70. The number of hydrogen-bond donors (Lipinski definition) is 1. The van der Waals surface area contributed by atoms with Gasteiger partial charge in [0.05, 0.1) is 6.54 Å². The van der Waals surface area contributed by atoms with Crippen molar-refractivity contribution in [2.75, 3.05) is 11.9 Å². The van der Waals surface area contributed by atoms with E-state index in [1.807, 2.05) is 12.1 Å². The Kier molecular flexibility index (Phi) is 4.29. The molecule has 2 nitrogen and oxygen atoms in total. The highest BCUT2D eigenvalue weighted by Crippen LogP contribution is 2.23. The average Bonchev–Trinajstić information content (AvgIpc) is 2.53. The Bertz CT molecular complexity index is 761. The summed E-state index contributed by atoms with van der Waals surface area (Å²) in [7, 11) is 0. The fraction of sp³-hybridized carbons (Fsp3) is 0.200. The molecule has 1 N–H and O–H groups in total. The standard InChI is InChI=1S/C20H21NO/c1-15-7-5-10-18(13-15)22-16(2)14-21-20-12-6-9-17-8-3-4-11-19(17)20/h3-13,16,21H,14H2,1-2H3. The minimum Gasteiger partial charge on any atom is -0.489 e. The molecule has 0 spiro atoms. The number of anilines is 1. The van der Waals surface area contributed by atoms with Crippen molar-refractivity contribution in [1.82, 2.24) is 0 Å². The van der Waals surface area contributed by atoms with Crippen LogP contribution in [-0.2, 0) is 0 Å². The van der Waals surface area contributed by atoms with Gasteiger partial charge >= 0.3 is 0 Å². The molecule has 112 valence electrons. The number of fused-ring (bicyclic) bond motifs is 1. The summed E-state index contributed by atoms with van der Waals surface area (Å²) in [6.07, 6.45) is 0.0979. The van der Waals surface area contributed by atoms with Crippen LogP contribution in [0.2, 0.25) is 0 Å². The van der Waals surface area contributed by atoms with E-state index in [0.717, 1.165) is 18.0 Å². The lowest BCUT2D eigenvalue weighted by Gasteiger charge is -2.17. The molecular formula is C20H21NO. The van der Waals surface area contributed by atoms with Crippen molar-refractivity contribution in [3.63, 3.8) is 0 Å². The first-order valence-corrected chi connectivity index (χ1v) is 7.67. The summed E-state index contributed by atoms with van der Waals surface area (Å²) >= 11 is 0. The van der Waals surface area contributed by atoms with Crippen molar-refractivity contribution in [3.8, 4) is 5.75 Å². The van der Waals surface area contributed by atoms with Gasteiger partial charge in [0.2, 0.25) is 0 Å². The predicted molar refractivity (Wildman–Crippen MR) is 93.7 cm³/mol. The summed E-state index contributed by atoms with van der Waals surface area (Å²) in [6, 6.07) is 22.9. The SMILES string of the molecule is Cc1cccc(OC(C)CNc2cccc3ccccc23)c1. The summed E-state index contributed by atoms with van der Waals surface area (Å²) in [5.74, 6) is 0.923. The van der Waals surface area contributed by atoms with E-state index in [9.17, 15) is 0 Å². The molecule has 1 atom stereocenters. The highest BCUT2D eigenvalue weighted by molar-refractivity contribution is 5.93. The van der Waals surface area contributed by atoms with Crippen LogP contribution in [0.1, 0.15) is 12.5 Å². The van der Waals surface area contributed by atoms with Gasteiger partial charge in [-0.2, -0.15) is 0 Å². The zero-order valence-electron chi connectivity index (χ0n) is 13.0. The van der Waals surface area contributed by atoms with Gasteiger partial charge in [0, 0.05) is 11.1 Å². The monoisotopic (exact) mass is 291 g/mol. The van der Waals surface area contributed by atoms with Gasteiger partial charge in [-0.25, -0.2) is 0 Å². The minimum atomic E-state index is 0.0979. The molecule has 0 aliphatic rings. The quantitative estimate of drug-likeness (QED) is 0.712. The van der Waals surface area contributed by atoms with Crippen LogP contribution in [0.4, 0.5) is 5.69 Å². The molecular weight excluding hydrogens is 270 g/mol. The second kappa shape index (κ2) is 6.52. The minimum absolute atomic E-state index is 0.0979. The molecule has 0 bridgehead atoms. The van der Waals surface area contributed by atoms with Gasteiger partial charge in [0.1, 0.15) is 11.9 Å². The molecule has 3 rings (SSSR count). The van der Waals surface area contributed by atoms with Gasteiger partial charge in [0.25, 0.3) is 0 Å². The van der Waals surface area contributed by atoms with Crippen LogP contribution in [0.3, 0.4) is 0 Å². The molecule has 0 aliphatic heterocycles. The van der Waals surface area contributed by atoms with Crippen molar-refractivity contribution in [2.45, 2.75) is 20.0 Å². The van der Waals surface area contributed by atoms with E-state index in [1.54, 1.807) is 0 Å². The van der Waals surface area contributed by atoms with Crippen LogP contribution in [-0.4, -0.2) is 12.6 Å². The maximum Gasteiger partial charge on any atom is 0.120 e. The van der Waals surface area contributed by atoms with Crippen molar-refractivity contribution in [1.29, 1.82) is 0 Å². The molecule has 1 unspecified atom stereocenters. The molecule has 0 fully saturated rings. The second-order valence-corrected chi connectivity index (χ2v) is 5.65. The van der Waals surface area contributed by atoms with E-state index in [2.05, 4.69) is 73.8 Å². The molecule has 3 aromatic rings. The van der Waals surface area contributed by atoms with E-state index >= 15 is 0 Å². The van der Waals surface area contributed by atoms with Crippen molar-refractivity contribution in [3.05, 3.63) is 72.3 Å². The van der Waals surface area contributed by atoms with Crippen LogP contribution >= 0.6 is 0 Å². The fourth-order valence-corrected chi connectivity index (χ4v) is 2.60. The summed E-state index contributed by atoms with van der Waals surface area (Å²) in [5, 5.41) is 5.99. The summed E-state index contributed by atoms with van der Waals surface area (Å²) in [6.45, 7) is 4.92. The molecule has 0 radical (unpaired) electrons. The molecule has 0 saturated carbocycles. The number of benzene rings is 3. The smallest absolute Gasteiger partial charge is 0.120 e. The number of hydrogen-bond acceptors (Lipinski definition) is 2. The number of ether oxygens (including phenoxy) is 1. The zero-order valence-corrected chi connectivity index (χ0v) is 13.0. The second-order valence-electron chi connectivity index (χ2n) is 5.65. The lowest BCUT2D eigenvalue weighted by molar-refractivity contribution is 0.234. The van der Waals surface area contributed by atoms with Gasteiger partial charge in [-0.3, -0.25) is 0 Å². The highest BCUT2D eigenvalue weighted by atomic mass is 16.5. The first-order valence-electron chi connectivity index (χ1n) is 7.67. The number of nitrogens with one attached hydrogen (secondary N) is 1. The van der Waals surface area contributed by atoms with E-state index < -0.39 is 0 Å². The Balaban J connectivity index is 1.66.